The van der Waals surface area contributed by atoms with Crippen molar-refractivity contribution in [2.75, 3.05) is 0 Å². The Balaban J connectivity index is 1.50. The van der Waals surface area contributed by atoms with Crippen LogP contribution in [0.2, 0.25) is 0 Å². The summed E-state index contributed by atoms with van der Waals surface area (Å²) in [5.74, 6) is 0. The molecule has 1 nitrogen and oxygen atoms in total. The molecule has 0 saturated carbocycles. The molecule has 0 aliphatic heterocycles. The highest BCUT2D eigenvalue weighted by molar-refractivity contribution is 6.24. The highest BCUT2D eigenvalue weighted by atomic mass is 14.7. The monoisotopic (exact) mass is 507 g/mol. The van der Waals surface area contributed by atoms with E-state index in [1.807, 2.05) is 0 Å². The number of nitrogens with zero attached hydrogens (tertiary/aromatic N) is 1. The molecule has 0 aliphatic rings. The highest BCUT2D eigenvalue weighted by Gasteiger charge is 2.20. The van der Waals surface area contributed by atoms with Crippen LogP contribution < -0.4 is 0 Å². The average molecular weight is 508 g/mol. The smallest absolute Gasteiger partial charge is 0.0800 e. The molecule has 1 heteroatoms. The molecule has 8 rings (SSSR count). The number of para-hydroxylation sites is 1. The molecule has 1 aromatic heterocycles. The Bertz CT molecular complexity index is 2150. The van der Waals surface area contributed by atoms with E-state index in [0.29, 0.717) is 0 Å². The van der Waals surface area contributed by atoms with E-state index >= 15 is 0 Å². The summed E-state index contributed by atoms with van der Waals surface area (Å²) in [5.41, 5.74) is 8.17. The summed E-state index contributed by atoms with van der Waals surface area (Å²) in [5, 5.41) is 8.50. The van der Waals surface area contributed by atoms with Crippen molar-refractivity contribution in [1.82, 2.24) is 4.98 Å². The van der Waals surface area contributed by atoms with Gasteiger partial charge in [0.1, 0.15) is 0 Å². The summed E-state index contributed by atoms with van der Waals surface area (Å²) in [7, 11) is 0. The van der Waals surface area contributed by atoms with Crippen molar-refractivity contribution in [1.29, 1.82) is 0 Å². The Labute approximate surface area is 233 Å². The maximum atomic E-state index is 5.33. The summed E-state index contributed by atoms with van der Waals surface area (Å²) in [6.07, 6.45) is 0. The van der Waals surface area contributed by atoms with Gasteiger partial charge in [-0.25, -0.2) is 4.98 Å². The molecule has 1 heterocycles. The molecule has 0 aliphatic carbocycles. The zero-order valence-electron chi connectivity index (χ0n) is 21.9. The van der Waals surface area contributed by atoms with Crippen LogP contribution in [0.3, 0.4) is 0 Å². The third kappa shape index (κ3) is 3.52. The summed E-state index contributed by atoms with van der Waals surface area (Å²) < 4.78 is 0. The first-order valence-electron chi connectivity index (χ1n) is 13.7. The van der Waals surface area contributed by atoms with Gasteiger partial charge in [-0.3, -0.25) is 0 Å². The zero-order chi connectivity index (χ0) is 26.5. The Morgan fingerprint density at radius 3 is 1.45 bits per heavy atom. The van der Waals surface area contributed by atoms with Gasteiger partial charge in [-0.1, -0.05) is 140 Å². The van der Waals surface area contributed by atoms with Crippen LogP contribution in [0.25, 0.3) is 76.7 Å². The van der Waals surface area contributed by atoms with Crippen LogP contribution in [0.15, 0.2) is 152 Å². The van der Waals surface area contributed by atoms with E-state index in [-0.39, 0.29) is 0 Å². The molecule has 8 aromatic rings. The summed E-state index contributed by atoms with van der Waals surface area (Å²) >= 11 is 0. The third-order valence-electron chi connectivity index (χ3n) is 8.04. The van der Waals surface area contributed by atoms with E-state index in [1.54, 1.807) is 0 Å². The van der Waals surface area contributed by atoms with E-state index in [2.05, 4.69) is 152 Å². The lowest BCUT2D eigenvalue weighted by Crippen LogP contribution is -1.94. The van der Waals surface area contributed by atoms with Crippen LogP contribution in [0.1, 0.15) is 0 Å². The van der Waals surface area contributed by atoms with Crippen LogP contribution in [-0.4, -0.2) is 4.98 Å². The lowest BCUT2D eigenvalue weighted by atomic mass is 9.85. The van der Waals surface area contributed by atoms with Crippen molar-refractivity contribution < 1.29 is 0 Å². The number of hydrogen-bond donors (Lipinski definition) is 0. The molecular weight excluding hydrogens is 482 g/mol. The summed E-state index contributed by atoms with van der Waals surface area (Å²) in [6, 6.07) is 54.3. The minimum atomic E-state index is 1.02. The minimum Gasteiger partial charge on any atom is -0.247 e. The number of fused-ring (bicyclic) bond motifs is 5. The Hall–Kier alpha value is -5.27. The highest BCUT2D eigenvalue weighted by Crippen LogP contribution is 2.45. The second-order valence-electron chi connectivity index (χ2n) is 10.3. The van der Waals surface area contributed by atoms with Gasteiger partial charge in [0, 0.05) is 16.3 Å². The van der Waals surface area contributed by atoms with Gasteiger partial charge in [-0.15, -0.1) is 0 Å². The quantitative estimate of drug-likeness (QED) is 0.171. The molecular formula is C39H25N. The molecule has 0 radical (unpaired) electrons. The van der Waals surface area contributed by atoms with Crippen molar-refractivity contribution in [3.8, 4) is 33.5 Å². The normalized spacial score (nSPS) is 11.5. The van der Waals surface area contributed by atoms with Crippen LogP contribution >= 0.6 is 0 Å². The van der Waals surface area contributed by atoms with Gasteiger partial charge in [0.15, 0.2) is 0 Å². The Morgan fingerprint density at radius 1 is 0.300 bits per heavy atom. The van der Waals surface area contributed by atoms with E-state index in [0.717, 1.165) is 11.2 Å². The second-order valence-corrected chi connectivity index (χ2v) is 10.3. The van der Waals surface area contributed by atoms with Crippen molar-refractivity contribution in [3.05, 3.63) is 152 Å². The predicted molar refractivity (Wildman–Crippen MR) is 171 cm³/mol. The van der Waals surface area contributed by atoms with Crippen molar-refractivity contribution in [3.63, 3.8) is 0 Å². The molecule has 0 spiro atoms. The molecule has 0 unspecified atom stereocenters. The van der Waals surface area contributed by atoms with Crippen LogP contribution in [-0.2, 0) is 0 Å². The first-order valence-corrected chi connectivity index (χ1v) is 13.7. The fourth-order valence-corrected chi connectivity index (χ4v) is 6.27. The largest absolute Gasteiger partial charge is 0.247 e. The van der Waals surface area contributed by atoms with Crippen molar-refractivity contribution in [2.24, 2.45) is 0 Å². The molecule has 0 atom stereocenters. The van der Waals surface area contributed by atoms with Gasteiger partial charge >= 0.3 is 0 Å². The number of benzene rings is 7. The topological polar surface area (TPSA) is 12.9 Å². The van der Waals surface area contributed by atoms with Crippen molar-refractivity contribution in [2.45, 2.75) is 0 Å². The number of rotatable bonds is 3. The number of hydrogen-bond acceptors (Lipinski definition) is 1. The average Bonchev–Trinajstić information content (AvgIpc) is 3.04. The van der Waals surface area contributed by atoms with Gasteiger partial charge in [-0.2, -0.15) is 0 Å². The Morgan fingerprint density at radius 2 is 0.775 bits per heavy atom. The SMILES string of the molecule is c1ccc(-c2cccc(-c3c4ccccc4c(-c4nc5ccccc5c5ccccc45)c4ccccc34)c2)cc1. The first-order chi connectivity index (χ1) is 19.9. The first kappa shape index (κ1) is 22.7. The summed E-state index contributed by atoms with van der Waals surface area (Å²) in [4.78, 5) is 5.33. The molecule has 0 amide bonds. The molecule has 0 bridgehead atoms. The van der Waals surface area contributed by atoms with Crippen LogP contribution in [0.5, 0.6) is 0 Å². The van der Waals surface area contributed by atoms with Crippen molar-refractivity contribution >= 4 is 43.2 Å². The standard InChI is InChI=1S/C39H25N/c1-2-13-26(14-3-1)27-15-12-16-28(25-27)37-31-19-5-7-21-33(31)38(34-22-8-6-20-32(34)37)39-35-23-9-4-17-29(35)30-18-10-11-24-36(30)40-39/h1-25H. The van der Waals surface area contributed by atoms with E-state index in [9.17, 15) is 0 Å². The second kappa shape index (κ2) is 9.18. The molecule has 0 N–H and O–H groups in total. The zero-order valence-corrected chi connectivity index (χ0v) is 21.9. The minimum absolute atomic E-state index is 1.02. The molecule has 186 valence electrons. The lowest BCUT2D eigenvalue weighted by Gasteiger charge is -2.19. The van der Waals surface area contributed by atoms with Gasteiger partial charge in [0.25, 0.3) is 0 Å². The maximum Gasteiger partial charge on any atom is 0.0800 e. The molecule has 0 saturated heterocycles. The summed E-state index contributed by atoms with van der Waals surface area (Å²) in [6.45, 7) is 0. The molecule has 40 heavy (non-hydrogen) atoms. The van der Waals surface area contributed by atoms with Gasteiger partial charge < -0.3 is 0 Å². The fourth-order valence-electron chi connectivity index (χ4n) is 6.27. The van der Waals surface area contributed by atoms with E-state index in [1.165, 1.54) is 65.5 Å². The fraction of sp³-hybridized carbons (Fsp3) is 0. The number of aromatic nitrogens is 1. The Kier molecular flexibility index (Phi) is 5.21. The van der Waals surface area contributed by atoms with Crippen LogP contribution in [0, 0.1) is 0 Å². The van der Waals surface area contributed by atoms with Crippen LogP contribution in [0.4, 0.5) is 0 Å². The predicted octanol–water partition coefficient (Wildman–Crippen LogP) is 10.7. The maximum absolute atomic E-state index is 5.33. The molecule has 7 aromatic carbocycles. The van der Waals surface area contributed by atoms with E-state index < -0.39 is 0 Å². The third-order valence-corrected chi connectivity index (χ3v) is 8.04. The van der Waals surface area contributed by atoms with Gasteiger partial charge in [0.05, 0.1) is 11.2 Å². The van der Waals surface area contributed by atoms with Gasteiger partial charge in [0.2, 0.25) is 0 Å². The number of pyridine rings is 1. The van der Waals surface area contributed by atoms with Gasteiger partial charge in [-0.05, 0) is 61.3 Å². The lowest BCUT2D eigenvalue weighted by molar-refractivity contribution is 1.44. The molecule has 0 fully saturated rings. The van der Waals surface area contributed by atoms with E-state index in [4.69, 9.17) is 4.98 Å².